The molecule has 3 N–H and O–H groups in total. The van der Waals surface area contributed by atoms with E-state index in [2.05, 4.69) is 19.2 Å². The van der Waals surface area contributed by atoms with E-state index in [9.17, 15) is 10.2 Å². The Morgan fingerprint density at radius 3 is 2.54 bits per heavy atom. The van der Waals surface area contributed by atoms with Crippen molar-refractivity contribution in [3.05, 3.63) is 0 Å². The van der Waals surface area contributed by atoms with Gasteiger partial charge in [0.2, 0.25) is 0 Å². The summed E-state index contributed by atoms with van der Waals surface area (Å²) < 4.78 is 0. The topological polar surface area (TPSA) is 52.5 Å². The molecule has 1 rings (SSSR count). The highest BCUT2D eigenvalue weighted by molar-refractivity contribution is 4.97. The molecule has 0 heterocycles. The molecule has 0 saturated heterocycles. The standard InChI is InChI=1S/C10H21NO2/c1-4-9(13)11-6-7-5-8(12)10(7,2)3/h7-9,11-13H,4-6H2,1-3H3. The molecule has 0 bridgehead atoms. The van der Waals surface area contributed by atoms with Gasteiger partial charge in [-0.2, -0.15) is 0 Å². The van der Waals surface area contributed by atoms with Gasteiger partial charge in [0.1, 0.15) is 6.23 Å². The Morgan fingerprint density at radius 2 is 2.15 bits per heavy atom. The first-order valence-corrected chi connectivity index (χ1v) is 5.08. The maximum Gasteiger partial charge on any atom is 0.104 e. The van der Waals surface area contributed by atoms with E-state index in [1.165, 1.54) is 0 Å². The van der Waals surface area contributed by atoms with Gasteiger partial charge in [-0.15, -0.1) is 0 Å². The third kappa shape index (κ3) is 2.22. The first-order chi connectivity index (χ1) is 5.98. The summed E-state index contributed by atoms with van der Waals surface area (Å²) in [6.45, 7) is 6.90. The van der Waals surface area contributed by atoms with Gasteiger partial charge in [0, 0.05) is 6.54 Å². The van der Waals surface area contributed by atoms with Crippen LogP contribution in [0.2, 0.25) is 0 Å². The van der Waals surface area contributed by atoms with Gasteiger partial charge in [-0.3, -0.25) is 5.32 Å². The molecule has 0 aromatic rings. The van der Waals surface area contributed by atoms with Crippen LogP contribution in [0.5, 0.6) is 0 Å². The lowest BCUT2D eigenvalue weighted by Crippen LogP contribution is -2.53. The van der Waals surface area contributed by atoms with E-state index in [1.807, 2.05) is 6.92 Å². The second kappa shape index (κ2) is 3.95. The third-order valence-corrected chi connectivity index (χ3v) is 3.41. The van der Waals surface area contributed by atoms with E-state index >= 15 is 0 Å². The van der Waals surface area contributed by atoms with E-state index in [0.717, 1.165) is 19.4 Å². The molecule has 0 radical (unpaired) electrons. The van der Waals surface area contributed by atoms with Crippen molar-refractivity contribution in [2.45, 2.75) is 45.9 Å². The molecular formula is C10H21NO2. The van der Waals surface area contributed by atoms with Crippen molar-refractivity contribution >= 4 is 0 Å². The van der Waals surface area contributed by atoms with Crippen molar-refractivity contribution in [1.29, 1.82) is 0 Å². The van der Waals surface area contributed by atoms with Crippen molar-refractivity contribution in [2.75, 3.05) is 6.54 Å². The number of hydrogen-bond donors (Lipinski definition) is 3. The van der Waals surface area contributed by atoms with Gasteiger partial charge < -0.3 is 10.2 Å². The fourth-order valence-corrected chi connectivity index (χ4v) is 1.76. The Balaban J connectivity index is 2.25. The van der Waals surface area contributed by atoms with Crippen LogP contribution in [0.4, 0.5) is 0 Å². The molecule has 3 atom stereocenters. The highest BCUT2D eigenvalue weighted by Crippen LogP contribution is 2.45. The minimum Gasteiger partial charge on any atom is -0.393 e. The van der Waals surface area contributed by atoms with Crippen molar-refractivity contribution in [3.63, 3.8) is 0 Å². The molecule has 0 amide bonds. The molecule has 1 fully saturated rings. The predicted molar refractivity (Wildman–Crippen MR) is 52.2 cm³/mol. The van der Waals surface area contributed by atoms with Crippen LogP contribution in [0.3, 0.4) is 0 Å². The van der Waals surface area contributed by atoms with Crippen LogP contribution in [0.15, 0.2) is 0 Å². The first-order valence-electron chi connectivity index (χ1n) is 5.08. The highest BCUT2D eigenvalue weighted by Gasteiger charge is 2.46. The molecule has 0 spiro atoms. The van der Waals surface area contributed by atoms with E-state index in [0.29, 0.717) is 5.92 Å². The van der Waals surface area contributed by atoms with Crippen LogP contribution >= 0.6 is 0 Å². The normalized spacial score (nSPS) is 33.9. The van der Waals surface area contributed by atoms with Gasteiger partial charge in [0.05, 0.1) is 6.10 Å². The maximum absolute atomic E-state index is 9.48. The van der Waals surface area contributed by atoms with Crippen LogP contribution < -0.4 is 5.32 Å². The van der Waals surface area contributed by atoms with Gasteiger partial charge in [-0.05, 0) is 24.2 Å². The number of aliphatic hydroxyl groups is 2. The minimum atomic E-state index is -0.395. The molecule has 0 aromatic heterocycles. The van der Waals surface area contributed by atoms with E-state index < -0.39 is 6.23 Å². The lowest BCUT2D eigenvalue weighted by atomic mass is 9.60. The lowest BCUT2D eigenvalue weighted by Gasteiger charge is -2.49. The number of rotatable bonds is 4. The summed E-state index contributed by atoms with van der Waals surface area (Å²) in [5.74, 6) is 0.490. The SMILES string of the molecule is CCC(O)NCC1CC(O)C1(C)C. The van der Waals surface area contributed by atoms with Gasteiger partial charge in [0.15, 0.2) is 0 Å². The Bertz CT molecular complexity index is 170. The molecule has 13 heavy (non-hydrogen) atoms. The zero-order chi connectivity index (χ0) is 10.1. The number of hydrogen-bond acceptors (Lipinski definition) is 3. The zero-order valence-corrected chi connectivity index (χ0v) is 8.75. The summed E-state index contributed by atoms with van der Waals surface area (Å²) in [7, 11) is 0. The largest absolute Gasteiger partial charge is 0.393 e. The van der Waals surface area contributed by atoms with Crippen molar-refractivity contribution in [2.24, 2.45) is 11.3 Å². The van der Waals surface area contributed by atoms with Crippen molar-refractivity contribution in [1.82, 2.24) is 5.32 Å². The minimum absolute atomic E-state index is 0.0143. The molecule has 1 saturated carbocycles. The molecule has 0 aromatic carbocycles. The van der Waals surface area contributed by atoms with Crippen LogP contribution in [-0.2, 0) is 0 Å². The van der Waals surface area contributed by atoms with E-state index in [4.69, 9.17) is 0 Å². The molecule has 1 aliphatic rings. The summed E-state index contributed by atoms with van der Waals surface area (Å²) in [5, 5.41) is 21.8. The fourth-order valence-electron chi connectivity index (χ4n) is 1.76. The summed E-state index contributed by atoms with van der Waals surface area (Å²) >= 11 is 0. The van der Waals surface area contributed by atoms with Gasteiger partial charge in [-0.25, -0.2) is 0 Å². The lowest BCUT2D eigenvalue weighted by molar-refractivity contribution is -0.0999. The Kier molecular flexibility index (Phi) is 3.33. The summed E-state index contributed by atoms with van der Waals surface area (Å²) in [6, 6.07) is 0. The van der Waals surface area contributed by atoms with Crippen LogP contribution in [0, 0.1) is 11.3 Å². The third-order valence-electron chi connectivity index (χ3n) is 3.41. The molecule has 3 nitrogen and oxygen atoms in total. The fraction of sp³-hybridized carbons (Fsp3) is 1.00. The summed E-state index contributed by atoms with van der Waals surface area (Å²) in [4.78, 5) is 0. The Labute approximate surface area is 80.2 Å². The second-order valence-electron chi connectivity index (χ2n) is 4.60. The summed E-state index contributed by atoms with van der Waals surface area (Å²) in [5.41, 5.74) is 0.0143. The smallest absolute Gasteiger partial charge is 0.104 e. The molecule has 3 unspecified atom stereocenters. The van der Waals surface area contributed by atoms with E-state index in [1.54, 1.807) is 0 Å². The average Bonchev–Trinajstić information content (AvgIpc) is 2.11. The Morgan fingerprint density at radius 1 is 1.54 bits per heavy atom. The number of nitrogens with one attached hydrogen (secondary N) is 1. The van der Waals surface area contributed by atoms with Gasteiger partial charge >= 0.3 is 0 Å². The summed E-state index contributed by atoms with van der Waals surface area (Å²) in [6.07, 6.45) is 1.03. The molecular weight excluding hydrogens is 166 g/mol. The van der Waals surface area contributed by atoms with Gasteiger partial charge in [-0.1, -0.05) is 20.8 Å². The van der Waals surface area contributed by atoms with Crippen LogP contribution in [-0.4, -0.2) is 29.1 Å². The predicted octanol–water partition coefficient (Wildman–Crippen LogP) is 0.711. The number of aliphatic hydroxyl groups excluding tert-OH is 2. The van der Waals surface area contributed by atoms with Gasteiger partial charge in [0.25, 0.3) is 0 Å². The molecule has 0 aliphatic heterocycles. The second-order valence-corrected chi connectivity index (χ2v) is 4.60. The zero-order valence-electron chi connectivity index (χ0n) is 8.75. The Hall–Kier alpha value is -0.120. The van der Waals surface area contributed by atoms with Crippen molar-refractivity contribution in [3.8, 4) is 0 Å². The highest BCUT2D eigenvalue weighted by atomic mass is 16.3. The first kappa shape index (κ1) is 11.0. The van der Waals surface area contributed by atoms with Crippen molar-refractivity contribution < 1.29 is 10.2 Å². The molecule has 1 aliphatic carbocycles. The average molecular weight is 187 g/mol. The van der Waals surface area contributed by atoms with Crippen LogP contribution in [0.1, 0.15) is 33.6 Å². The molecule has 78 valence electrons. The maximum atomic E-state index is 9.48. The molecule has 3 heteroatoms. The van der Waals surface area contributed by atoms with Crippen LogP contribution in [0.25, 0.3) is 0 Å². The van der Waals surface area contributed by atoms with E-state index in [-0.39, 0.29) is 11.5 Å². The quantitative estimate of drug-likeness (QED) is 0.568. The monoisotopic (exact) mass is 187 g/mol.